The number of aliphatic imine (C=N–C) groups is 1. The molecule has 3 rings (SSSR count). The Balaban J connectivity index is 1.51. The molecule has 0 spiro atoms. The van der Waals surface area contributed by atoms with E-state index in [0.29, 0.717) is 48.8 Å². The van der Waals surface area contributed by atoms with Crippen molar-refractivity contribution in [1.29, 1.82) is 0 Å². The normalized spacial score (nSPS) is 13.6. The van der Waals surface area contributed by atoms with Gasteiger partial charge in [-0.15, -0.1) is 0 Å². The summed E-state index contributed by atoms with van der Waals surface area (Å²) >= 11 is 6.26. The minimum absolute atomic E-state index is 0.529. The van der Waals surface area contributed by atoms with Crippen LogP contribution in [0.15, 0.2) is 23.5 Å². The molecule has 2 N–H and O–H groups in total. The highest BCUT2D eigenvalue weighted by molar-refractivity contribution is 6.32. The van der Waals surface area contributed by atoms with Gasteiger partial charge in [0.1, 0.15) is 25.4 Å². The molecule has 25 heavy (non-hydrogen) atoms. The van der Waals surface area contributed by atoms with E-state index in [9.17, 15) is 0 Å². The average Bonchev–Trinajstić information content (AvgIpc) is 3.03. The molecule has 0 amide bonds. The van der Waals surface area contributed by atoms with Crippen LogP contribution >= 0.6 is 11.6 Å². The number of benzene rings is 1. The van der Waals surface area contributed by atoms with Gasteiger partial charge in [0, 0.05) is 20.6 Å². The zero-order chi connectivity index (χ0) is 17.6. The molecule has 134 valence electrons. The van der Waals surface area contributed by atoms with Crippen LogP contribution in [-0.4, -0.2) is 47.5 Å². The van der Waals surface area contributed by atoms with Gasteiger partial charge in [-0.3, -0.25) is 9.67 Å². The Hall–Kier alpha value is -2.48. The Morgan fingerprint density at radius 2 is 2.16 bits per heavy atom. The SMILES string of the molecule is CN=C(NCCc1cc(Cl)c2c(c1)OCCO2)NCc1ncnn1C. The van der Waals surface area contributed by atoms with Gasteiger partial charge in [0.05, 0.1) is 11.6 Å². The van der Waals surface area contributed by atoms with Crippen LogP contribution < -0.4 is 20.1 Å². The van der Waals surface area contributed by atoms with E-state index in [2.05, 4.69) is 25.7 Å². The molecule has 1 aliphatic heterocycles. The van der Waals surface area contributed by atoms with Crippen molar-refractivity contribution in [2.75, 3.05) is 26.8 Å². The van der Waals surface area contributed by atoms with Crippen LogP contribution in [0, 0.1) is 0 Å². The summed E-state index contributed by atoms with van der Waals surface area (Å²) in [5.41, 5.74) is 1.07. The summed E-state index contributed by atoms with van der Waals surface area (Å²) in [7, 11) is 3.58. The molecule has 0 aliphatic carbocycles. The van der Waals surface area contributed by atoms with Crippen LogP contribution in [0.1, 0.15) is 11.4 Å². The van der Waals surface area contributed by atoms with Gasteiger partial charge in [-0.2, -0.15) is 5.10 Å². The zero-order valence-electron chi connectivity index (χ0n) is 14.3. The van der Waals surface area contributed by atoms with E-state index in [4.69, 9.17) is 21.1 Å². The lowest BCUT2D eigenvalue weighted by atomic mass is 10.1. The topological polar surface area (TPSA) is 85.6 Å². The highest BCUT2D eigenvalue weighted by Gasteiger charge is 2.16. The van der Waals surface area contributed by atoms with Crippen molar-refractivity contribution in [2.24, 2.45) is 12.0 Å². The summed E-state index contributed by atoms with van der Waals surface area (Å²) in [4.78, 5) is 8.37. The highest BCUT2D eigenvalue weighted by Crippen LogP contribution is 2.38. The molecular weight excluding hydrogens is 344 g/mol. The number of nitrogens with one attached hydrogen (secondary N) is 2. The number of hydrogen-bond acceptors (Lipinski definition) is 5. The van der Waals surface area contributed by atoms with Gasteiger partial charge in [0.25, 0.3) is 0 Å². The predicted octanol–water partition coefficient (Wildman–Crippen LogP) is 1.15. The molecule has 1 aromatic carbocycles. The van der Waals surface area contributed by atoms with Gasteiger partial charge in [0.2, 0.25) is 0 Å². The van der Waals surface area contributed by atoms with E-state index < -0.39 is 0 Å². The van der Waals surface area contributed by atoms with Crippen LogP contribution in [0.25, 0.3) is 0 Å². The molecule has 0 fully saturated rings. The van der Waals surface area contributed by atoms with Crippen molar-refractivity contribution in [2.45, 2.75) is 13.0 Å². The van der Waals surface area contributed by atoms with Gasteiger partial charge in [-0.25, -0.2) is 4.98 Å². The second-order valence-corrected chi connectivity index (χ2v) is 5.91. The largest absolute Gasteiger partial charge is 0.486 e. The zero-order valence-corrected chi connectivity index (χ0v) is 15.0. The number of fused-ring (bicyclic) bond motifs is 1. The number of hydrogen-bond donors (Lipinski definition) is 2. The quantitative estimate of drug-likeness (QED) is 0.611. The first kappa shape index (κ1) is 17.3. The Morgan fingerprint density at radius 1 is 1.32 bits per heavy atom. The summed E-state index contributed by atoms with van der Waals surface area (Å²) in [6.07, 6.45) is 2.31. The van der Waals surface area contributed by atoms with E-state index in [-0.39, 0.29) is 0 Å². The number of aromatic nitrogens is 3. The Morgan fingerprint density at radius 3 is 2.92 bits per heavy atom. The molecular formula is C16H21ClN6O2. The molecule has 0 radical (unpaired) electrons. The van der Waals surface area contributed by atoms with E-state index in [0.717, 1.165) is 17.8 Å². The summed E-state index contributed by atoms with van der Waals surface area (Å²) in [6, 6.07) is 3.88. The van der Waals surface area contributed by atoms with Crippen LogP contribution in [0.3, 0.4) is 0 Å². The third-order valence-corrected chi connectivity index (χ3v) is 4.09. The Kier molecular flexibility index (Phi) is 5.60. The van der Waals surface area contributed by atoms with Gasteiger partial charge >= 0.3 is 0 Å². The molecule has 2 heterocycles. The lowest BCUT2D eigenvalue weighted by Crippen LogP contribution is -2.38. The molecule has 1 aliphatic rings. The van der Waals surface area contributed by atoms with Crippen LogP contribution in [0.2, 0.25) is 5.02 Å². The summed E-state index contributed by atoms with van der Waals surface area (Å²) in [6.45, 7) is 2.32. The molecule has 0 saturated heterocycles. The van der Waals surface area contributed by atoms with Crippen molar-refractivity contribution < 1.29 is 9.47 Å². The highest BCUT2D eigenvalue weighted by atomic mass is 35.5. The van der Waals surface area contributed by atoms with Gasteiger partial charge in [-0.05, 0) is 24.1 Å². The minimum atomic E-state index is 0.529. The predicted molar refractivity (Wildman–Crippen MR) is 95.4 cm³/mol. The van der Waals surface area contributed by atoms with Gasteiger partial charge in [0.15, 0.2) is 17.5 Å². The number of aryl methyl sites for hydroxylation is 1. The number of halogens is 1. The van der Waals surface area contributed by atoms with E-state index in [1.165, 1.54) is 6.33 Å². The third kappa shape index (κ3) is 4.33. The minimum Gasteiger partial charge on any atom is -0.486 e. The van der Waals surface area contributed by atoms with Crippen LogP contribution in [-0.2, 0) is 20.0 Å². The van der Waals surface area contributed by atoms with Gasteiger partial charge < -0.3 is 20.1 Å². The second-order valence-electron chi connectivity index (χ2n) is 5.50. The first-order valence-corrected chi connectivity index (χ1v) is 8.40. The molecule has 1 aromatic heterocycles. The van der Waals surface area contributed by atoms with Gasteiger partial charge in [-0.1, -0.05) is 11.6 Å². The van der Waals surface area contributed by atoms with Crippen molar-refractivity contribution >= 4 is 17.6 Å². The fraction of sp³-hybridized carbons (Fsp3) is 0.438. The van der Waals surface area contributed by atoms with Crippen molar-refractivity contribution in [3.8, 4) is 11.5 Å². The van der Waals surface area contributed by atoms with Crippen molar-refractivity contribution in [3.63, 3.8) is 0 Å². The summed E-state index contributed by atoms with van der Waals surface area (Å²) < 4.78 is 12.9. The number of guanidine groups is 1. The Bertz CT molecular complexity index is 761. The smallest absolute Gasteiger partial charge is 0.191 e. The monoisotopic (exact) mass is 364 g/mol. The number of rotatable bonds is 5. The maximum absolute atomic E-state index is 6.26. The molecule has 0 atom stereocenters. The molecule has 0 bridgehead atoms. The lowest BCUT2D eigenvalue weighted by molar-refractivity contribution is 0.171. The second kappa shape index (κ2) is 8.06. The van der Waals surface area contributed by atoms with E-state index >= 15 is 0 Å². The third-order valence-electron chi connectivity index (χ3n) is 3.81. The summed E-state index contributed by atoms with van der Waals surface area (Å²) in [5.74, 6) is 2.87. The van der Waals surface area contributed by atoms with Crippen molar-refractivity contribution in [1.82, 2.24) is 25.4 Å². The summed E-state index contributed by atoms with van der Waals surface area (Å²) in [5, 5.41) is 11.1. The molecule has 9 heteroatoms. The van der Waals surface area contributed by atoms with Crippen LogP contribution in [0.4, 0.5) is 0 Å². The number of ether oxygens (including phenoxy) is 2. The lowest BCUT2D eigenvalue weighted by Gasteiger charge is -2.20. The molecule has 0 unspecified atom stereocenters. The standard InChI is InChI=1S/C16H21ClN6O2/c1-18-16(20-9-14-21-10-22-23(14)2)19-4-3-11-7-12(17)15-13(8-11)24-5-6-25-15/h7-8,10H,3-6,9H2,1-2H3,(H2,18,19,20). The van der Waals surface area contributed by atoms with E-state index in [1.54, 1.807) is 11.7 Å². The Labute approximate surface area is 151 Å². The first-order valence-electron chi connectivity index (χ1n) is 8.03. The van der Waals surface area contributed by atoms with Crippen LogP contribution in [0.5, 0.6) is 11.5 Å². The molecule has 2 aromatic rings. The molecule has 0 saturated carbocycles. The van der Waals surface area contributed by atoms with Crippen molar-refractivity contribution in [3.05, 3.63) is 34.9 Å². The maximum Gasteiger partial charge on any atom is 0.191 e. The maximum atomic E-state index is 6.26. The number of nitrogens with zero attached hydrogens (tertiary/aromatic N) is 4. The average molecular weight is 365 g/mol. The van der Waals surface area contributed by atoms with E-state index in [1.807, 2.05) is 19.2 Å². The fourth-order valence-electron chi connectivity index (χ4n) is 2.50. The molecule has 8 nitrogen and oxygen atoms in total. The fourth-order valence-corrected chi connectivity index (χ4v) is 2.79. The first-order chi connectivity index (χ1) is 12.2.